The van der Waals surface area contributed by atoms with Gasteiger partial charge in [-0.15, -0.1) is 0 Å². The van der Waals surface area contributed by atoms with E-state index in [4.69, 9.17) is 4.74 Å². The van der Waals surface area contributed by atoms with Crippen molar-refractivity contribution in [2.75, 3.05) is 32.8 Å². The summed E-state index contributed by atoms with van der Waals surface area (Å²) in [6.45, 7) is 3.01. The third-order valence-corrected chi connectivity index (χ3v) is 7.98. The predicted octanol–water partition coefficient (Wildman–Crippen LogP) is 3.78. The molecule has 10 heteroatoms. The highest BCUT2D eigenvalue weighted by atomic mass is 19.4. The van der Waals surface area contributed by atoms with Gasteiger partial charge in [0.25, 0.3) is 5.91 Å². The summed E-state index contributed by atoms with van der Waals surface area (Å²) in [5.74, 6) is 0.195. The molecule has 1 aliphatic carbocycles. The lowest BCUT2D eigenvalue weighted by Crippen LogP contribution is -2.69. The lowest BCUT2D eigenvalue weighted by molar-refractivity contribution is -0.137. The Kier molecular flexibility index (Phi) is 8.54. The Bertz CT molecular complexity index is 1150. The highest BCUT2D eigenvalue weighted by Gasteiger charge is 2.40. The van der Waals surface area contributed by atoms with E-state index in [2.05, 4.69) is 15.5 Å². The van der Waals surface area contributed by atoms with Gasteiger partial charge in [0.05, 0.1) is 24.7 Å². The number of carbonyl (C=O) groups excluding carboxylic acids is 2. The average molecular weight is 545 g/mol. The van der Waals surface area contributed by atoms with Crippen molar-refractivity contribution >= 4 is 11.8 Å². The van der Waals surface area contributed by atoms with Crippen LogP contribution in [0.4, 0.5) is 13.2 Å². The number of fused-ring (bicyclic) bond motifs is 1. The van der Waals surface area contributed by atoms with Crippen LogP contribution in [0.3, 0.4) is 0 Å². The van der Waals surface area contributed by atoms with Crippen LogP contribution in [0.5, 0.6) is 0 Å². The van der Waals surface area contributed by atoms with E-state index in [1.165, 1.54) is 6.07 Å². The molecular formula is C29H35F3N4O3. The zero-order valence-corrected chi connectivity index (χ0v) is 21.9. The zero-order valence-electron chi connectivity index (χ0n) is 21.9. The van der Waals surface area contributed by atoms with Gasteiger partial charge in [-0.25, -0.2) is 0 Å². The minimum Gasteiger partial charge on any atom is -0.376 e. The number of ether oxygens (including phenoxy) is 1. The van der Waals surface area contributed by atoms with Gasteiger partial charge in [0.2, 0.25) is 5.91 Å². The van der Waals surface area contributed by atoms with Gasteiger partial charge < -0.3 is 15.0 Å². The number of rotatable bonds is 7. The molecule has 0 spiro atoms. The summed E-state index contributed by atoms with van der Waals surface area (Å²) < 4.78 is 44.2. The highest BCUT2D eigenvalue weighted by molar-refractivity contribution is 5.94. The normalized spacial score (nSPS) is 24.2. The smallest absolute Gasteiger partial charge is 0.376 e. The second-order valence-electron chi connectivity index (χ2n) is 10.6. The molecule has 2 aliphatic heterocycles. The molecular weight excluding hydrogens is 509 g/mol. The number of hydrogen-bond donors (Lipinski definition) is 2. The van der Waals surface area contributed by atoms with Crippen LogP contribution in [0.25, 0.3) is 0 Å². The van der Waals surface area contributed by atoms with E-state index in [1.807, 2.05) is 29.2 Å². The number of hydrogen-bond acceptors (Lipinski definition) is 5. The van der Waals surface area contributed by atoms with E-state index >= 15 is 0 Å². The second kappa shape index (κ2) is 12.1. The molecule has 0 aromatic heterocycles. The van der Waals surface area contributed by atoms with Crippen molar-refractivity contribution in [2.24, 2.45) is 5.92 Å². The van der Waals surface area contributed by atoms with E-state index in [9.17, 15) is 22.8 Å². The van der Waals surface area contributed by atoms with Crippen LogP contribution in [-0.4, -0.2) is 66.7 Å². The third kappa shape index (κ3) is 6.80. The Balaban J connectivity index is 1.05. The summed E-state index contributed by atoms with van der Waals surface area (Å²) in [5, 5.41) is 6.73. The SMILES string of the molecule is O=C1NC(N2CCN(C(=O)c3ccc(CCOCc4cccc(C(F)(F)F)c4)cc3)CC2)NC2CCCCC12. The molecule has 2 N–H and O–H groups in total. The van der Waals surface area contributed by atoms with E-state index in [0.717, 1.165) is 43.4 Å². The van der Waals surface area contributed by atoms with Gasteiger partial charge >= 0.3 is 6.18 Å². The minimum atomic E-state index is -4.37. The first kappa shape index (κ1) is 27.6. The average Bonchev–Trinajstić information content (AvgIpc) is 2.95. The monoisotopic (exact) mass is 544 g/mol. The number of benzene rings is 2. The molecule has 0 bridgehead atoms. The lowest BCUT2D eigenvalue weighted by Gasteiger charge is -2.46. The van der Waals surface area contributed by atoms with Crippen LogP contribution in [0.1, 0.15) is 52.7 Å². The highest BCUT2D eigenvalue weighted by Crippen LogP contribution is 2.30. The van der Waals surface area contributed by atoms with Crippen LogP contribution in [0, 0.1) is 5.92 Å². The molecule has 210 valence electrons. The Hall–Kier alpha value is -2.95. The maximum absolute atomic E-state index is 13.1. The topological polar surface area (TPSA) is 73.9 Å². The van der Waals surface area contributed by atoms with Gasteiger partial charge in [-0.3, -0.25) is 19.8 Å². The number of halogens is 3. The lowest BCUT2D eigenvalue weighted by atomic mass is 9.82. The third-order valence-electron chi connectivity index (χ3n) is 7.98. The molecule has 2 aromatic rings. The fourth-order valence-electron chi connectivity index (χ4n) is 5.72. The summed E-state index contributed by atoms with van der Waals surface area (Å²) in [6, 6.07) is 12.8. The molecule has 2 saturated heterocycles. The van der Waals surface area contributed by atoms with E-state index < -0.39 is 11.7 Å². The van der Waals surface area contributed by atoms with Gasteiger partial charge in [-0.1, -0.05) is 37.1 Å². The number of amides is 2. The van der Waals surface area contributed by atoms with Crippen molar-refractivity contribution in [1.82, 2.24) is 20.4 Å². The van der Waals surface area contributed by atoms with Gasteiger partial charge in [-0.2, -0.15) is 13.2 Å². The van der Waals surface area contributed by atoms with Crippen LogP contribution in [0.15, 0.2) is 48.5 Å². The van der Waals surface area contributed by atoms with Crippen molar-refractivity contribution in [3.63, 3.8) is 0 Å². The largest absolute Gasteiger partial charge is 0.416 e. The fraction of sp³-hybridized carbons (Fsp3) is 0.517. The molecule has 5 rings (SSSR count). The van der Waals surface area contributed by atoms with Crippen LogP contribution in [-0.2, 0) is 28.7 Å². The molecule has 2 heterocycles. The Morgan fingerprint density at radius 1 is 0.974 bits per heavy atom. The molecule has 3 atom stereocenters. The van der Waals surface area contributed by atoms with Gasteiger partial charge in [0, 0.05) is 37.8 Å². The molecule has 2 aromatic carbocycles. The molecule has 0 radical (unpaired) electrons. The maximum Gasteiger partial charge on any atom is 0.416 e. The summed E-state index contributed by atoms with van der Waals surface area (Å²) in [7, 11) is 0. The summed E-state index contributed by atoms with van der Waals surface area (Å²) in [6.07, 6.45) is 0.292. The van der Waals surface area contributed by atoms with Crippen LogP contribution >= 0.6 is 0 Å². The van der Waals surface area contributed by atoms with Crippen LogP contribution in [0.2, 0.25) is 0 Å². The van der Waals surface area contributed by atoms with E-state index in [0.29, 0.717) is 50.3 Å². The Morgan fingerprint density at radius 3 is 2.46 bits per heavy atom. The predicted molar refractivity (Wildman–Crippen MR) is 140 cm³/mol. The van der Waals surface area contributed by atoms with Crippen molar-refractivity contribution < 1.29 is 27.5 Å². The first-order chi connectivity index (χ1) is 18.8. The molecule has 3 aliphatic rings. The zero-order chi connectivity index (χ0) is 27.4. The quantitative estimate of drug-likeness (QED) is 0.519. The van der Waals surface area contributed by atoms with Crippen molar-refractivity contribution in [2.45, 2.75) is 57.2 Å². The Labute approximate surface area is 226 Å². The molecule has 1 saturated carbocycles. The fourth-order valence-corrected chi connectivity index (χ4v) is 5.72. The maximum atomic E-state index is 13.1. The standard InChI is InChI=1S/C29H35F3N4O3/c30-29(31,32)23-5-3-4-21(18-23)19-39-17-12-20-8-10-22(11-9-20)27(38)35-13-15-36(16-14-35)28-33-25-7-2-1-6-24(25)26(37)34-28/h3-5,8-11,18,24-25,28,33H,1-2,6-7,12-17,19H2,(H,34,37). The molecule has 3 unspecified atom stereocenters. The summed E-state index contributed by atoms with van der Waals surface area (Å²) >= 11 is 0. The molecule has 2 amide bonds. The van der Waals surface area contributed by atoms with Crippen LogP contribution < -0.4 is 10.6 Å². The first-order valence-corrected chi connectivity index (χ1v) is 13.7. The van der Waals surface area contributed by atoms with E-state index in [1.54, 1.807) is 6.07 Å². The minimum absolute atomic E-state index is 0.0185. The number of nitrogens with zero attached hydrogens (tertiary/aromatic N) is 2. The van der Waals surface area contributed by atoms with E-state index in [-0.39, 0.29) is 36.7 Å². The number of piperazine rings is 1. The number of alkyl halides is 3. The molecule has 39 heavy (non-hydrogen) atoms. The van der Waals surface area contributed by atoms with Gasteiger partial charge in [0.15, 0.2) is 0 Å². The Morgan fingerprint density at radius 2 is 1.72 bits per heavy atom. The van der Waals surface area contributed by atoms with Crippen molar-refractivity contribution in [3.05, 3.63) is 70.8 Å². The first-order valence-electron chi connectivity index (χ1n) is 13.7. The summed E-state index contributed by atoms with van der Waals surface area (Å²) in [4.78, 5) is 29.7. The van der Waals surface area contributed by atoms with Crippen molar-refractivity contribution in [1.29, 1.82) is 0 Å². The van der Waals surface area contributed by atoms with Crippen molar-refractivity contribution in [3.8, 4) is 0 Å². The second-order valence-corrected chi connectivity index (χ2v) is 10.6. The number of nitrogens with one attached hydrogen (secondary N) is 2. The molecule has 3 fully saturated rings. The van der Waals surface area contributed by atoms with Gasteiger partial charge in [0.1, 0.15) is 6.29 Å². The van der Waals surface area contributed by atoms with Gasteiger partial charge in [-0.05, 0) is 54.7 Å². The number of carbonyl (C=O) groups is 2. The molecule has 7 nitrogen and oxygen atoms in total. The summed E-state index contributed by atoms with van der Waals surface area (Å²) in [5.41, 5.74) is 1.40.